The van der Waals surface area contributed by atoms with Crippen molar-refractivity contribution < 1.29 is 0 Å². The van der Waals surface area contributed by atoms with Gasteiger partial charge in [0.1, 0.15) is 0 Å². The fourth-order valence-electron chi connectivity index (χ4n) is 1.21. The Kier molecular flexibility index (Phi) is 4.65. The summed E-state index contributed by atoms with van der Waals surface area (Å²) in [5, 5.41) is 0. The van der Waals surface area contributed by atoms with Crippen LogP contribution in [0.4, 0.5) is 0 Å². The lowest BCUT2D eigenvalue weighted by atomic mass is 9.89. The third-order valence-electron chi connectivity index (χ3n) is 1.87. The number of hydrogen-bond donors (Lipinski definition) is 0. The van der Waals surface area contributed by atoms with Gasteiger partial charge in [-0.25, -0.2) is 0 Å². The van der Waals surface area contributed by atoms with E-state index in [0.717, 1.165) is 11.8 Å². The first-order chi connectivity index (χ1) is 4.22. The van der Waals surface area contributed by atoms with Crippen LogP contribution in [0.1, 0.15) is 40.5 Å². The zero-order chi connectivity index (χ0) is 7.28. The van der Waals surface area contributed by atoms with Gasteiger partial charge in [0.2, 0.25) is 0 Å². The molecule has 0 aliphatic heterocycles. The van der Waals surface area contributed by atoms with Crippen LogP contribution in [-0.4, -0.2) is 0 Å². The lowest BCUT2D eigenvalue weighted by Gasteiger charge is -2.08. The van der Waals surface area contributed by atoms with E-state index in [9.17, 15) is 0 Å². The maximum Gasteiger partial charge on any atom is 0.0997 e. The van der Waals surface area contributed by atoms with Gasteiger partial charge in [0.05, 0.1) is 18.8 Å². The molecule has 0 bridgehead atoms. The molecule has 0 fully saturated rings. The SMILES string of the molecule is CC[CH+]C(CC)C(C)C. The topological polar surface area (TPSA) is 0 Å². The fourth-order valence-corrected chi connectivity index (χ4v) is 1.21. The summed E-state index contributed by atoms with van der Waals surface area (Å²) in [6.07, 6.45) is 4.94. The molecule has 1 atom stereocenters. The first kappa shape index (κ1) is 8.87. The summed E-state index contributed by atoms with van der Waals surface area (Å²) in [5.74, 6) is 1.67. The smallest absolute Gasteiger partial charge is 0.0610 e. The van der Waals surface area contributed by atoms with Crippen molar-refractivity contribution in [1.29, 1.82) is 0 Å². The normalized spacial score (nSPS) is 13.9. The van der Waals surface area contributed by atoms with Gasteiger partial charge in [-0.3, -0.25) is 0 Å². The van der Waals surface area contributed by atoms with E-state index >= 15 is 0 Å². The van der Waals surface area contributed by atoms with Gasteiger partial charge >= 0.3 is 0 Å². The minimum atomic E-state index is 0.829. The highest BCUT2D eigenvalue weighted by Crippen LogP contribution is 2.18. The van der Waals surface area contributed by atoms with Crippen LogP contribution < -0.4 is 0 Å². The van der Waals surface area contributed by atoms with Gasteiger partial charge in [-0.05, 0) is 19.3 Å². The Morgan fingerprint density at radius 2 is 1.78 bits per heavy atom. The van der Waals surface area contributed by atoms with Crippen LogP contribution in [0.2, 0.25) is 0 Å². The molecule has 0 spiro atoms. The molecule has 0 saturated heterocycles. The molecule has 0 aliphatic carbocycles. The van der Waals surface area contributed by atoms with Crippen molar-refractivity contribution in [2.24, 2.45) is 11.8 Å². The van der Waals surface area contributed by atoms with E-state index < -0.39 is 0 Å². The monoisotopic (exact) mass is 127 g/mol. The summed E-state index contributed by atoms with van der Waals surface area (Å²) in [7, 11) is 0. The van der Waals surface area contributed by atoms with Gasteiger partial charge in [0, 0.05) is 0 Å². The standard InChI is InChI=1S/C9H19/c1-5-7-9(6-2)8(3)4/h7-9H,5-6H2,1-4H3/q+1. The van der Waals surface area contributed by atoms with Crippen LogP contribution in [0, 0.1) is 18.3 Å². The van der Waals surface area contributed by atoms with Crippen molar-refractivity contribution in [2.45, 2.75) is 40.5 Å². The van der Waals surface area contributed by atoms with E-state index in [1.54, 1.807) is 0 Å². The van der Waals surface area contributed by atoms with Gasteiger partial charge in [-0.2, -0.15) is 0 Å². The van der Waals surface area contributed by atoms with Crippen LogP contribution >= 0.6 is 0 Å². The number of rotatable bonds is 4. The molecule has 0 N–H and O–H groups in total. The summed E-state index contributed by atoms with van der Waals surface area (Å²) in [5.41, 5.74) is 0. The van der Waals surface area contributed by atoms with Crippen molar-refractivity contribution in [3.05, 3.63) is 6.42 Å². The predicted octanol–water partition coefficient (Wildman–Crippen LogP) is 3.28. The van der Waals surface area contributed by atoms with Crippen LogP contribution in [0.5, 0.6) is 0 Å². The molecule has 0 aromatic rings. The van der Waals surface area contributed by atoms with Crippen LogP contribution in [0.15, 0.2) is 0 Å². The van der Waals surface area contributed by atoms with Crippen LogP contribution in [0.25, 0.3) is 0 Å². The zero-order valence-corrected chi connectivity index (χ0v) is 7.15. The fraction of sp³-hybridized carbons (Fsp3) is 0.889. The second-order valence-electron chi connectivity index (χ2n) is 2.96. The Labute approximate surface area is 59.7 Å². The third-order valence-corrected chi connectivity index (χ3v) is 1.87. The van der Waals surface area contributed by atoms with E-state index in [-0.39, 0.29) is 0 Å². The average molecular weight is 127 g/mol. The first-order valence-electron chi connectivity index (χ1n) is 4.05. The lowest BCUT2D eigenvalue weighted by molar-refractivity contribution is 0.416. The quantitative estimate of drug-likeness (QED) is 0.508. The Morgan fingerprint density at radius 3 is 1.89 bits per heavy atom. The molecule has 0 nitrogen and oxygen atoms in total. The Balaban J connectivity index is 3.41. The molecule has 0 heterocycles. The van der Waals surface area contributed by atoms with Crippen LogP contribution in [0.3, 0.4) is 0 Å². The third kappa shape index (κ3) is 3.45. The van der Waals surface area contributed by atoms with E-state index in [1.807, 2.05) is 0 Å². The van der Waals surface area contributed by atoms with E-state index in [4.69, 9.17) is 0 Å². The van der Waals surface area contributed by atoms with Crippen molar-refractivity contribution >= 4 is 0 Å². The molecule has 0 aliphatic rings. The molecule has 0 saturated carbocycles. The molecule has 54 valence electrons. The minimum absolute atomic E-state index is 0.829. The maximum absolute atomic E-state index is 2.42. The molecule has 0 heteroatoms. The van der Waals surface area contributed by atoms with Gasteiger partial charge in [0.15, 0.2) is 0 Å². The molecule has 0 aromatic carbocycles. The van der Waals surface area contributed by atoms with Crippen molar-refractivity contribution in [3.8, 4) is 0 Å². The summed E-state index contributed by atoms with van der Waals surface area (Å²) < 4.78 is 0. The molecule has 0 rings (SSSR count). The average Bonchev–Trinajstić information content (AvgIpc) is 1.82. The molecule has 0 amide bonds. The van der Waals surface area contributed by atoms with Gasteiger partial charge in [-0.1, -0.05) is 20.8 Å². The van der Waals surface area contributed by atoms with Crippen molar-refractivity contribution in [3.63, 3.8) is 0 Å². The van der Waals surface area contributed by atoms with Gasteiger partial charge in [-0.15, -0.1) is 0 Å². The lowest BCUT2D eigenvalue weighted by Crippen LogP contribution is -2.06. The highest BCUT2D eigenvalue weighted by molar-refractivity contribution is 4.75. The predicted molar refractivity (Wildman–Crippen MR) is 43.2 cm³/mol. The first-order valence-corrected chi connectivity index (χ1v) is 4.05. The summed E-state index contributed by atoms with van der Waals surface area (Å²) in [4.78, 5) is 0. The van der Waals surface area contributed by atoms with E-state index in [0.29, 0.717) is 0 Å². The number of hydrogen-bond acceptors (Lipinski definition) is 0. The zero-order valence-electron chi connectivity index (χ0n) is 7.15. The molecule has 9 heavy (non-hydrogen) atoms. The summed E-state index contributed by atoms with van der Waals surface area (Å²) in [6, 6.07) is 0. The molecular weight excluding hydrogens is 108 g/mol. The maximum atomic E-state index is 2.42. The summed E-state index contributed by atoms with van der Waals surface area (Å²) >= 11 is 0. The van der Waals surface area contributed by atoms with Crippen LogP contribution in [-0.2, 0) is 0 Å². The largest absolute Gasteiger partial charge is 0.0997 e. The Hall–Kier alpha value is -0.130. The van der Waals surface area contributed by atoms with E-state index in [2.05, 4.69) is 34.1 Å². The Morgan fingerprint density at radius 1 is 1.22 bits per heavy atom. The van der Waals surface area contributed by atoms with E-state index in [1.165, 1.54) is 12.8 Å². The second-order valence-corrected chi connectivity index (χ2v) is 2.96. The molecule has 1 unspecified atom stereocenters. The van der Waals surface area contributed by atoms with Crippen molar-refractivity contribution in [1.82, 2.24) is 0 Å². The second kappa shape index (κ2) is 4.72. The van der Waals surface area contributed by atoms with Crippen molar-refractivity contribution in [2.75, 3.05) is 0 Å². The minimum Gasteiger partial charge on any atom is -0.0610 e. The molecule has 0 radical (unpaired) electrons. The Bertz CT molecular complexity index is 55.1. The molecular formula is C9H19+. The highest BCUT2D eigenvalue weighted by atomic mass is 14.1. The highest BCUT2D eigenvalue weighted by Gasteiger charge is 2.16. The van der Waals surface area contributed by atoms with Gasteiger partial charge < -0.3 is 0 Å². The molecule has 0 aromatic heterocycles. The summed E-state index contributed by atoms with van der Waals surface area (Å²) in [6.45, 7) is 9.06. The van der Waals surface area contributed by atoms with Gasteiger partial charge in [0.25, 0.3) is 0 Å².